The molecule has 2 aromatic carbocycles. The van der Waals surface area contributed by atoms with Gasteiger partial charge in [0.25, 0.3) is 0 Å². The average molecular weight is 421 g/mol. The van der Waals surface area contributed by atoms with Crippen molar-refractivity contribution in [2.45, 2.75) is 37.9 Å². The Morgan fingerprint density at radius 1 is 1.13 bits per heavy atom. The van der Waals surface area contributed by atoms with Gasteiger partial charge in [0, 0.05) is 11.1 Å². The van der Waals surface area contributed by atoms with Crippen LogP contribution >= 0.6 is 11.8 Å². The van der Waals surface area contributed by atoms with Crippen LogP contribution in [0.3, 0.4) is 0 Å². The molecule has 154 valence electrons. The van der Waals surface area contributed by atoms with E-state index in [1.54, 1.807) is 6.33 Å². The Morgan fingerprint density at radius 3 is 2.63 bits per heavy atom. The van der Waals surface area contributed by atoms with Crippen LogP contribution in [0, 0.1) is 0 Å². The molecule has 0 aliphatic carbocycles. The first kappa shape index (κ1) is 20.2. The highest BCUT2D eigenvalue weighted by Gasteiger charge is 2.16. The summed E-state index contributed by atoms with van der Waals surface area (Å²) in [6.45, 7) is 6.25. The number of benzene rings is 2. The molecular weight excluding hydrogens is 396 g/mol. The van der Waals surface area contributed by atoms with Crippen molar-refractivity contribution >= 4 is 28.6 Å². The van der Waals surface area contributed by atoms with Crippen LogP contribution in [0.25, 0.3) is 16.7 Å². The number of nitrogens with zero attached hydrogens (tertiary/aromatic N) is 3. The maximum absolute atomic E-state index is 12.5. The number of rotatable bonds is 7. The number of aromatic nitrogens is 3. The molecule has 0 radical (unpaired) electrons. The number of fused-ring (bicyclic) bond motifs is 1. The van der Waals surface area contributed by atoms with Crippen molar-refractivity contribution in [1.29, 1.82) is 0 Å². The number of carbonyl (C=O) groups is 1. The Labute approximate surface area is 179 Å². The Hall–Kier alpha value is -3.06. The Balaban J connectivity index is 1.38. The lowest BCUT2D eigenvalue weighted by molar-refractivity contribution is -0.119. The van der Waals surface area contributed by atoms with E-state index in [9.17, 15) is 4.79 Å². The summed E-state index contributed by atoms with van der Waals surface area (Å²) in [5.41, 5.74) is 3.07. The summed E-state index contributed by atoms with van der Waals surface area (Å²) in [6.07, 6.45) is 1.67. The van der Waals surface area contributed by atoms with Crippen LogP contribution in [-0.2, 0) is 4.79 Å². The summed E-state index contributed by atoms with van der Waals surface area (Å²) >= 11 is 1.36. The molecule has 0 spiro atoms. The van der Waals surface area contributed by atoms with Crippen molar-refractivity contribution < 1.29 is 9.21 Å². The number of thioether (sulfide) groups is 1. The molecule has 4 rings (SSSR count). The number of hydrogen-bond donors (Lipinski definition) is 1. The molecule has 30 heavy (non-hydrogen) atoms. The first-order valence-corrected chi connectivity index (χ1v) is 10.9. The first-order valence-electron chi connectivity index (χ1n) is 9.92. The third kappa shape index (κ3) is 4.41. The van der Waals surface area contributed by atoms with Gasteiger partial charge >= 0.3 is 0 Å². The van der Waals surface area contributed by atoms with E-state index in [-0.39, 0.29) is 17.7 Å². The Bertz CT molecular complexity index is 1110. The summed E-state index contributed by atoms with van der Waals surface area (Å²) in [6, 6.07) is 17.9. The van der Waals surface area contributed by atoms with Gasteiger partial charge < -0.3 is 9.73 Å². The molecule has 1 N–H and O–H groups in total. The van der Waals surface area contributed by atoms with Crippen LogP contribution in [-0.4, -0.2) is 26.4 Å². The van der Waals surface area contributed by atoms with Crippen LogP contribution in [0.4, 0.5) is 0 Å². The summed E-state index contributed by atoms with van der Waals surface area (Å²) in [4.78, 5) is 12.5. The average Bonchev–Trinajstić information content (AvgIpc) is 3.39. The second-order valence-corrected chi connectivity index (χ2v) is 8.44. The van der Waals surface area contributed by atoms with Gasteiger partial charge in [0.2, 0.25) is 5.91 Å². The Kier molecular flexibility index (Phi) is 5.90. The number of nitrogens with one attached hydrogen (secondary N) is 1. The number of para-hydroxylation sites is 1. The number of amides is 1. The molecule has 2 aromatic heterocycles. The maximum atomic E-state index is 12.5. The maximum Gasteiger partial charge on any atom is 0.231 e. The molecular formula is C23H24N4O2S. The molecule has 0 bridgehead atoms. The van der Waals surface area contributed by atoms with E-state index in [1.165, 1.54) is 17.3 Å². The number of hydrogen-bond acceptors (Lipinski definition) is 5. The zero-order valence-corrected chi connectivity index (χ0v) is 18.0. The van der Waals surface area contributed by atoms with Gasteiger partial charge in [-0.3, -0.25) is 9.36 Å². The van der Waals surface area contributed by atoms with E-state index in [0.717, 1.165) is 22.4 Å². The number of furan rings is 1. The van der Waals surface area contributed by atoms with Crippen molar-refractivity contribution in [1.82, 2.24) is 20.1 Å². The topological polar surface area (TPSA) is 73.0 Å². The van der Waals surface area contributed by atoms with Gasteiger partial charge in [0.1, 0.15) is 17.7 Å². The monoisotopic (exact) mass is 420 g/mol. The van der Waals surface area contributed by atoms with Gasteiger partial charge in [-0.25, -0.2) is 0 Å². The molecule has 1 atom stereocenters. The highest BCUT2D eigenvalue weighted by molar-refractivity contribution is 7.99. The molecule has 0 saturated heterocycles. The second-order valence-electron chi connectivity index (χ2n) is 7.49. The summed E-state index contributed by atoms with van der Waals surface area (Å²) in [7, 11) is 0. The predicted octanol–water partition coefficient (Wildman–Crippen LogP) is 5.11. The van der Waals surface area contributed by atoms with Crippen molar-refractivity contribution in [3.05, 3.63) is 72.2 Å². The van der Waals surface area contributed by atoms with E-state index in [4.69, 9.17) is 4.42 Å². The predicted molar refractivity (Wildman–Crippen MR) is 119 cm³/mol. The van der Waals surface area contributed by atoms with Gasteiger partial charge in [0.15, 0.2) is 5.16 Å². The van der Waals surface area contributed by atoms with Crippen molar-refractivity contribution in [3.63, 3.8) is 0 Å². The van der Waals surface area contributed by atoms with Gasteiger partial charge in [0.05, 0.1) is 11.8 Å². The fourth-order valence-electron chi connectivity index (χ4n) is 3.22. The van der Waals surface area contributed by atoms with Crippen molar-refractivity contribution in [3.8, 4) is 5.69 Å². The quantitative estimate of drug-likeness (QED) is 0.421. The van der Waals surface area contributed by atoms with Gasteiger partial charge in [-0.05, 0) is 42.7 Å². The van der Waals surface area contributed by atoms with Gasteiger partial charge in [-0.2, -0.15) is 0 Å². The molecule has 0 saturated carbocycles. The fraction of sp³-hybridized carbons (Fsp3) is 0.261. The first-order chi connectivity index (χ1) is 14.5. The Morgan fingerprint density at radius 2 is 1.90 bits per heavy atom. The van der Waals surface area contributed by atoms with E-state index in [0.29, 0.717) is 11.1 Å². The molecule has 1 amide bonds. The minimum Gasteiger partial charge on any atom is -0.459 e. The summed E-state index contributed by atoms with van der Waals surface area (Å²) in [5.74, 6) is 1.37. The molecule has 4 aromatic rings. The number of carbonyl (C=O) groups excluding carboxylic acids is 1. The largest absolute Gasteiger partial charge is 0.459 e. The minimum atomic E-state index is -0.216. The van der Waals surface area contributed by atoms with Crippen LogP contribution in [0.2, 0.25) is 0 Å². The lowest BCUT2D eigenvalue weighted by Gasteiger charge is -2.12. The molecule has 7 heteroatoms. The van der Waals surface area contributed by atoms with E-state index in [1.807, 2.05) is 54.0 Å². The molecule has 0 aliphatic heterocycles. The summed E-state index contributed by atoms with van der Waals surface area (Å²) in [5, 5.41) is 12.9. The molecule has 6 nitrogen and oxygen atoms in total. The summed E-state index contributed by atoms with van der Waals surface area (Å²) < 4.78 is 7.73. The van der Waals surface area contributed by atoms with Crippen LogP contribution in [0.1, 0.15) is 44.1 Å². The third-order valence-electron chi connectivity index (χ3n) is 4.94. The van der Waals surface area contributed by atoms with Gasteiger partial charge in [-0.15, -0.1) is 10.2 Å². The van der Waals surface area contributed by atoms with Crippen LogP contribution in [0.5, 0.6) is 0 Å². The zero-order valence-electron chi connectivity index (χ0n) is 17.2. The van der Waals surface area contributed by atoms with Gasteiger partial charge in [-0.1, -0.05) is 55.9 Å². The molecule has 0 fully saturated rings. The van der Waals surface area contributed by atoms with E-state index < -0.39 is 0 Å². The molecule has 2 heterocycles. The molecule has 0 aliphatic rings. The highest BCUT2D eigenvalue weighted by atomic mass is 32.2. The minimum absolute atomic E-state index is 0.0855. The smallest absolute Gasteiger partial charge is 0.231 e. The van der Waals surface area contributed by atoms with Crippen molar-refractivity contribution in [2.24, 2.45) is 0 Å². The molecule has 1 unspecified atom stereocenters. The highest BCUT2D eigenvalue weighted by Crippen LogP contribution is 2.25. The van der Waals surface area contributed by atoms with E-state index >= 15 is 0 Å². The zero-order chi connectivity index (χ0) is 21.1. The normalized spacial score (nSPS) is 12.4. The standard InChI is InChI=1S/C23H24N4O2S/c1-15(2)17-8-10-19(11-9-17)27-14-24-26-23(27)30-13-22(28)25-16(3)21-12-18-6-4-5-7-20(18)29-21/h4-12,14-16H,13H2,1-3H3,(H,25,28). The third-order valence-corrected chi connectivity index (χ3v) is 5.88. The van der Waals surface area contributed by atoms with Crippen LogP contribution < -0.4 is 5.32 Å². The van der Waals surface area contributed by atoms with E-state index in [2.05, 4.69) is 41.5 Å². The lowest BCUT2D eigenvalue weighted by atomic mass is 10.0. The van der Waals surface area contributed by atoms with Crippen LogP contribution in [0.15, 0.2) is 70.5 Å². The van der Waals surface area contributed by atoms with Crippen molar-refractivity contribution in [2.75, 3.05) is 5.75 Å². The lowest BCUT2D eigenvalue weighted by Crippen LogP contribution is -2.28. The second kappa shape index (κ2) is 8.75. The SMILES string of the molecule is CC(C)c1ccc(-n2cnnc2SCC(=O)NC(C)c2cc3ccccc3o2)cc1. The fourth-order valence-corrected chi connectivity index (χ4v) is 3.96.